The van der Waals surface area contributed by atoms with E-state index in [-0.39, 0.29) is 15.8 Å². The summed E-state index contributed by atoms with van der Waals surface area (Å²) in [5.41, 5.74) is 2.32. The van der Waals surface area contributed by atoms with Crippen LogP contribution in [0.3, 0.4) is 0 Å². The quantitative estimate of drug-likeness (QED) is 0.376. The molecule has 0 aliphatic heterocycles. The number of rotatable bonds is 6. The number of nitrogens with one attached hydrogen (secondary N) is 1. The highest BCUT2D eigenvalue weighted by Crippen LogP contribution is 2.24. The van der Waals surface area contributed by atoms with E-state index in [2.05, 4.69) is 21.2 Å². The lowest BCUT2D eigenvalue weighted by molar-refractivity contribution is -0.111. The Labute approximate surface area is 220 Å². The smallest absolute Gasteiger partial charge is 0.273 e. The zero-order valence-electron chi connectivity index (χ0n) is 19.6. The summed E-state index contributed by atoms with van der Waals surface area (Å²) in [6.07, 6.45) is 1.72. The second-order valence-electron chi connectivity index (χ2n) is 7.82. The Morgan fingerprint density at radius 2 is 1.92 bits per heavy atom. The van der Waals surface area contributed by atoms with Gasteiger partial charge in [-0.25, -0.2) is 0 Å². The van der Waals surface area contributed by atoms with Crippen LogP contribution in [0.1, 0.15) is 18.1 Å². The largest absolute Gasteiger partial charge is 0.493 e. The van der Waals surface area contributed by atoms with Gasteiger partial charge in [0, 0.05) is 15.7 Å². The number of ether oxygens (including phenoxy) is 1. The Balaban J connectivity index is 1.97. The van der Waals surface area contributed by atoms with Gasteiger partial charge in [0.1, 0.15) is 16.5 Å². The maximum Gasteiger partial charge on any atom is 0.273 e. The number of hydrogen-bond acceptors (Lipinski definition) is 5. The van der Waals surface area contributed by atoms with Crippen molar-refractivity contribution in [3.63, 3.8) is 0 Å². The highest BCUT2D eigenvalue weighted by molar-refractivity contribution is 9.10. The molecule has 1 aromatic heterocycles. The van der Waals surface area contributed by atoms with Crippen LogP contribution in [-0.4, -0.2) is 17.1 Å². The molecule has 4 aromatic rings. The molecule has 0 radical (unpaired) electrons. The second kappa shape index (κ2) is 11.2. The van der Waals surface area contributed by atoms with Gasteiger partial charge in [-0.2, -0.15) is 5.26 Å². The molecule has 0 spiro atoms. The number of carbonyl (C=O) groups is 1. The maximum atomic E-state index is 13.6. The van der Waals surface area contributed by atoms with Crippen molar-refractivity contribution in [2.24, 2.45) is 0 Å². The monoisotopic (exact) mass is 559 g/mol. The standard InChI is InChI=1S/C28H22BrN3O3S/c1-3-35-24-13-12-20(29)15-19(24)16-25-27(34)32(22-10-5-4-6-11-22)28(36-25)23(17-30)26(33)31-21-9-7-8-18(2)14-21/h4-16H,3H2,1-2H3,(H,31,33). The van der Waals surface area contributed by atoms with Gasteiger partial charge in [0.2, 0.25) is 0 Å². The number of anilines is 1. The first-order valence-corrected chi connectivity index (χ1v) is 12.8. The van der Waals surface area contributed by atoms with Crippen molar-refractivity contribution in [3.8, 4) is 17.5 Å². The van der Waals surface area contributed by atoms with Gasteiger partial charge in [0.05, 0.1) is 16.8 Å². The average molecular weight is 560 g/mol. The Kier molecular flexibility index (Phi) is 7.84. The van der Waals surface area contributed by atoms with E-state index in [4.69, 9.17) is 4.74 Å². The summed E-state index contributed by atoms with van der Waals surface area (Å²) in [6, 6.07) is 23.8. The zero-order valence-corrected chi connectivity index (χ0v) is 22.0. The summed E-state index contributed by atoms with van der Waals surface area (Å²) in [5.74, 6) is 0.0426. The van der Waals surface area contributed by atoms with Gasteiger partial charge in [0.15, 0.2) is 5.57 Å². The van der Waals surface area contributed by atoms with Crippen molar-refractivity contribution in [3.05, 3.63) is 108 Å². The number of aromatic nitrogens is 1. The fraction of sp³-hybridized carbons (Fsp3) is 0.107. The first kappa shape index (κ1) is 25.2. The lowest BCUT2D eigenvalue weighted by Crippen LogP contribution is -2.32. The first-order valence-electron chi connectivity index (χ1n) is 11.1. The fourth-order valence-electron chi connectivity index (χ4n) is 3.63. The number of nitriles is 1. The highest BCUT2D eigenvalue weighted by atomic mass is 79.9. The number of halogens is 1. The summed E-state index contributed by atoms with van der Waals surface area (Å²) >= 11 is 4.56. The molecule has 4 rings (SSSR count). The van der Waals surface area contributed by atoms with Crippen LogP contribution in [0.2, 0.25) is 0 Å². The van der Waals surface area contributed by atoms with E-state index in [0.29, 0.717) is 33.8 Å². The van der Waals surface area contributed by atoms with Gasteiger partial charge < -0.3 is 10.1 Å². The molecule has 0 aliphatic carbocycles. The molecule has 1 amide bonds. The second-order valence-corrected chi connectivity index (χ2v) is 9.76. The van der Waals surface area contributed by atoms with Crippen molar-refractivity contribution in [2.45, 2.75) is 13.8 Å². The Bertz CT molecular complexity index is 1650. The van der Waals surface area contributed by atoms with E-state index >= 15 is 0 Å². The molecule has 0 aliphatic rings. The van der Waals surface area contributed by atoms with E-state index in [0.717, 1.165) is 21.4 Å². The number of carbonyl (C=O) groups excluding carboxylic acids is 1. The van der Waals surface area contributed by atoms with Crippen LogP contribution in [0.25, 0.3) is 17.3 Å². The van der Waals surface area contributed by atoms with E-state index in [1.807, 2.05) is 62.4 Å². The van der Waals surface area contributed by atoms with E-state index in [1.165, 1.54) is 4.57 Å². The van der Waals surface area contributed by atoms with E-state index in [1.54, 1.807) is 36.4 Å². The number of benzene rings is 3. The van der Waals surface area contributed by atoms with Gasteiger partial charge >= 0.3 is 0 Å². The molecule has 3 aromatic carbocycles. The van der Waals surface area contributed by atoms with Gasteiger partial charge in [-0.1, -0.05) is 46.3 Å². The molecule has 6 nitrogen and oxygen atoms in total. The summed E-state index contributed by atoms with van der Waals surface area (Å²) in [5, 5.41) is 12.8. The van der Waals surface area contributed by atoms with E-state index in [9.17, 15) is 14.9 Å². The SMILES string of the molecule is CCOc1ccc(Br)cc1C=c1sc(=C(C#N)C(=O)Nc2cccc(C)c2)n(-c2ccccc2)c1=O. The summed E-state index contributed by atoms with van der Waals surface area (Å²) < 4.78 is 8.58. The maximum absolute atomic E-state index is 13.6. The van der Waals surface area contributed by atoms with Crippen molar-refractivity contribution >= 4 is 50.5 Å². The predicted molar refractivity (Wildman–Crippen MR) is 147 cm³/mol. The molecule has 0 saturated heterocycles. The lowest BCUT2D eigenvalue weighted by atomic mass is 10.2. The van der Waals surface area contributed by atoms with Crippen LogP contribution < -0.4 is 24.8 Å². The van der Waals surface area contributed by atoms with Crippen LogP contribution in [0.5, 0.6) is 5.75 Å². The van der Waals surface area contributed by atoms with Crippen LogP contribution in [-0.2, 0) is 4.79 Å². The molecule has 0 saturated carbocycles. The van der Waals surface area contributed by atoms with Gasteiger partial charge in [0.25, 0.3) is 11.5 Å². The molecule has 0 fully saturated rings. The molecule has 8 heteroatoms. The molecule has 180 valence electrons. The molecule has 1 N–H and O–H groups in total. The van der Waals surface area contributed by atoms with Crippen molar-refractivity contribution in [2.75, 3.05) is 11.9 Å². The summed E-state index contributed by atoms with van der Waals surface area (Å²) in [7, 11) is 0. The van der Waals surface area contributed by atoms with Crippen molar-refractivity contribution < 1.29 is 9.53 Å². The lowest BCUT2D eigenvalue weighted by Gasteiger charge is -2.07. The molecular formula is C28H22BrN3O3S. The minimum atomic E-state index is -0.585. The Morgan fingerprint density at radius 3 is 2.61 bits per heavy atom. The molecule has 0 unspecified atom stereocenters. The zero-order chi connectivity index (χ0) is 25.7. The first-order chi connectivity index (χ1) is 17.4. The fourth-order valence-corrected chi connectivity index (χ4v) is 5.11. The number of amides is 1. The van der Waals surface area contributed by atoms with Gasteiger partial charge in [-0.05, 0) is 68.0 Å². The molecule has 1 heterocycles. The molecule has 0 atom stereocenters. The normalized spacial score (nSPS) is 12.1. The van der Waals surface area contributed by atoms with E-state index < -0.39 is 5.91 Å². The number of thiazole rings is 1. The number of nitrogens with zero attached hydrogens (tertiary/aromatic N) is 2. The van der Waals surface area contributed by atoms with Crippen LogP contribution in [0.15, 0.2) is 82.1 Å². The van der Waals surface area contributed by atoms with Gasteiger partial charge in [-0.15, -0.1) is 11.3 Å². The third-order valence-electron chi connectivity index (χ3n) is 5.22. The van der Waals surface area contributed by atoms with Crippen LogP contribution in [0, 0.1) is 18.3 Å². The minimum Gasteiger partial charge on any atom is -0.493 e. The van der Waals surface area contributed by atoms with Crippen molar-refractivity contribution in [1.82, 2.24) is 4.57 Å². The predicted octanol–water partition coefficient (Wildman–Crippen LogP) is 4.51. The molecule has 0 bridgehead atoms. The third-order valence-corrected chi connectivity index (χ3v) is 6.81. The van der Waals surface area contributed by atoms with Crippen LogP contribution in [0.4, 0.5) is 5.69 Å². The Hall–Kier alpha value is -3.93. The number of aryl methyl sites for hydroxylation is 1. The molecule has 36 heavy (non-hydrogen) atoms. The average Bonchev–Trinajstić information content (AvgIpc) is 3.17. The Morgan fingerprint density at radius 1 is 1.14 bits per heavy atom. The summed E-state index contributed by atoms with van der Waals surface area (Å²) in [6.45, 7) is 4.27. The molecular weight excluding hydrogens is 538 g/mol. The van der Waals surface area contributed by atoms with Crippen molar-refractivity contribution in [1.29, 1.82) is 5.26 Å². The third kappa shape index (κ3) is 5.48. The van der Waals surface area contributed by atoms with Gasteiger partial charge in [-0.3, -0.25) is 14.2 Å². The number of para-hydroxylation sites is 1. The topological polar surface area (TPSA) is 84.1 Å². The highest BCUT2D eigenvalue weighted by Gasteiger charge is 2.17. The number of hydrogen-bond donors (Lipinski definition) is 1. The summed E-state index contributed by atoms with van der Waals surface area (Å²) in [4.78, 5) is 26.8. The minimum absolute atomic E-state index is 0.151. The van der Waals surface area contributed by atoms with Crippen LogP contribution >= 0.6 is 27.3 Å².